The lowest BCUT2D eigenvalue weighted by Crippen LogP contribution is -1.95. The summed E-state index contributed by atoms with van der Waals surface area (Å²) < 4.78 is 0. The van der Waals surface area contributed by atoms with Crippen LogP contribution in [0.25, 0.3) is 0 Å². The van der Waals surface area contributed by atoms with E-state index in [1.165, 1.54) is 77.0 Å². The summed E-state index contributed by atoms with van der Waals surface area (Å²) in [5.74, 6) is 1.86. The van der Waals surface area contributed by atoms with Crippen LogP contribution in [0.3, 0.4) is 0 Å². The fourth-order valence-electron chi connectivity index (χ4n) is 2.64. The Morgan fingerprint density at radius 2 is 1.00 bits per heavy atom. The monoisotopic (exact) mass is 254 g/mol. The Kier molecular flexibility index (Phi) is 13.4. The molecule has 0 nitrogen and oxygen atoms in total. The highest BCUT2D eigenvalue weighted by Crippen LogP contribution is 2.18. The van der Waals surface area contributed by atoms with Gasteiger partial charge in [0.15, 0.2) is 0 Å². The molecule has 0 heteroatoms. The second-order valence-corrected chi connectivity index (χ2v) is 6.69. The smallest absolute Gasteiger partial charge is 0.0443 e. The Labute approximate surface area is 117 Å². The van der Waals surface area contributed by atoms with Crippen molar-refractivity contribution >= 4 is 0 Å². The van der Waals surface area contributed by atoms with Crippen molar-refractivity contribution in [1.29, 1.82) is 0 Å². The van der Waals surface area contributed by atoms with Gasteiger partial charge in [-0.2, -0.15) is 0 Å². The molecule has 0 N–H and O–H groups in total. The van der Waals surface area contributed by atoms with Crippen LogP contribution >= 0.6 is 0 Å². The molecule has 18 heavy (non-hydrogen) atoms. The van der Waals surface area contributed by atoms with Crippen LogP contribution in [0.4, 0.5) is 0 Å². The Morgan fingerprint density at radius 1 is 0.556 bits per heavy atom. The predicted molar refractivity (Wildman–Crippen MR) is 85.1 cm³/mol. The van der Waals surface area contributed by atoms with Crippen LogP contribution < -0.4 is 0 Å². The molecule has 0 aromatic carbocycles. The lowest BCUT2D eigenvalue weighted by Gasteiger charge is -2.11. The third-order valence-corrected chi connectivity index (χ3v) is 4.03. The molecular formula is C18H38. The van der Waals surface area contributed by atoms with Gasteiger partial charge in [-0.3, -0.25) is 0 Å². The van der Waals surface area contributed by atoms with E-state index in [0.29, 0.717) is 0 Å². The standard InChI is InChI=1S/C18H38/c1-5-6-7-8-9-12-15-18(4)16-13-10-11-14-17(2)3/h17-18H,5-16H2,1-4H3. The zero-order valence-electron chi connectivity index (χ0n) is 13.6. The minimum absolute atomic E-state index is 0.894. The maximum absolute atomic E-state index is 2.45. The fraction of sp³-hybridized carbons (Fsp3) is 1.00. The molecule has 0 aromatic heterocycles. The van der Waals surface area contributed by atoms with E-state index in [4.69, 9.17) is 0 Å². The molecule has 0 radical (unpaired) electrons. The van der Waals surface area contributed by atoms with Crippen LogP contribution in [0.2, 0.25) is 0 Å². The van der Waals surface area contributed by atoms with Crippen molar-refractivity contribution in [2.45, 2.75) is 105 Å². The predicted octanol–water partition coefficient (Wildman–Crippen LogP) is 6.98. The molecule has 1 atom stereocenters. The molecule has 0 rings (SSSR count). The first-order chi connectivity index (χ1) is 8.66. The summed E-state index contributed by atoms with van der Waals surface area (Å²) in [6.07, 6.45) is 17.4. The van der Waals surface area contributed by atoms with E-state index in [9.17, 15) is 0 Å². The third kappa shape index (κ3) is 14.1. The Balaban J connectivity index is 3.15. The molecular weight excluding hydrogens is 216 g/mol. The molecule has 0 fully saturated rings. The van der Waals surface area contributed by atoms with Gasteiger partial charge in [0.05, 0.1) is 0 Å². The molecule has 0 aliphatic heterocycles. The van der Waals surface area contributed by atoms with E-state index in [-0.39, 0.29) is 0 Å². The third-order valence-electron chi connectivity index (χ3n) is 4.03. The van der Waals surface area contributed by atoms with Crippen molar-refractivity contribution in [2.24, 2.45) is 11.8 Å². The van der Waals surface area contributed by atoms with Gasteiger partial charge in [-0.25, -0.2) is 0 Å². The van der Waals surface area contributed by atoms with E-state index >= 15 is 0 Å². The minimum Gasteiger partial charge on any atom is -0.0654 e. The van der Waals surface area contributed by atoms with E-state index in [1.807, 2.05) is 0 Å². The van der Waals surface area contributed by atoms with Gasteiger partial charge in [0.25, 0.3) is 0 Å². The second-order valence-electron chi connectivity index (χ2n) is 6.69. The van der Waals surface area contributed by atoms with Crippen molar-refractivity contribution < 1.29 is 0 Å². The number of hydrogen-bond acceptors (Lipinski definition) is 0. The maximum Gasteiger partial charge on any atom is -0.0443 e. The van der Waals surface area contributed by atoms with Gasteiger partial charge >= 0.3 is 0 Å². The Bertz CT molecular complexity index is 148. The zero-order chi connectivity index (χ0) is 13.6. The highest BCUT2D eigenvalue weighted by Gasteiger charge is 2.02. The average Bonchev–Trinajstić information content (AvgIpc) is 2.33. The van der Waals surface area contributed by atoms with Gasteiger partial charge in [-0.1, -0.05) is 105 Å². The zero-order valence-corrected chi connectivity index (χ0v) is 13.6. The Morgan fingerprint density at radius 3 is 1.56 bits per heavy atom. The van der Waals surface area contributed by atoms with Gasteiger partial charge in [0, 0.05) is 0 Å². The van der Waals surface area contributed by atoms with Crippen molar-refractivity contribution in [3.63, 3.8) is 0 Å². The van der Waals surface area contributed by atoms with Gasteiger partial charge < -0.3 is 0 Å². The maximum atomic E-state index is 2.45. The SMILES string of the molecule is CCCCCCCCC(C)CCCCCC(C)C. The van der Waals surface area contributed by atoms with Gasteiger partial charge in [0.1, 0.15) is 0 Å². The summed E-state index contributed by atoms with van der Waals surface area (Å²) in [5.41, 5.74) is 0. The molecule has 110 valence electrons. The summed E-state index contributed by atoms with van der Waals surface area (Å²) in [7, 11) is 0. The first kappa shape index (κ1) is 18.0. The largest absolute Gasteiger partial charge is 0.0654 e. The molecule has 0 saturated carbocycles. The second kappa shape index (κ2) is 13.4. The number of rotatable bonds is 13. The Hall–Kier alpha value is 0. The lowest BCUT2D eigenvalue weighted by atomic mass is 9.95. The van der Waals surface area contributed by atoms with Crippen LogP contribution in [0.15, 0.2) is 0 Å². The summed E-state index contributed by atoms with van der Waals surface area (Å²) in [4.78, 5) is 0. The minimum atomic E-state index is 0.894. The summed E-state index contributed by atoms with van der Waals surface area (Å²) in [6.45, 7) is 9.41. The summed E-state index contributed by atoms with van der Waals surface area (Å²) >= 11 is 0. The van der Waals surface area contributed by atoms with Crippen LogP contribution in [0, 0.1) is 11.8 Å². The molecule has 0 spiro atoms. The molecule has 1 unspecified atom stereocenters. The fourth-order valence-corrected chi connectivity index (χ4v) is 2.64. The van der Waals surface area contributed by atoms with E-state index in [0.717, 1.165) is 11.8 Å². The van der Waals surface area contributed by atoms with Crippen molar-refractivity contribution in [3.8, 4) is 0 Å². The van der Waals surface area contributed by atoms with Crippen molar-refractivity contribution in [1.82, 2.24) is 0 Å². The first-order valence-electron chi connectivity index (χ1n) is 8.66. The number of hydrogen-bond donors (Lipinski definition) is 0. The van der Waals surface area contributed by atoms with E-state index in [2.05, 4.69) is 27.7 Å². The van der Waals surface area contributed by atoms with Gasteiger partial charge in [-0.15, -0.1) is 0 Å². The quantitative estimate of drug-likeness (QED) is 0.311. The summed E-state index contributed by atoms with van der Waals surface area (Å²) in [6, 6.07) is 0. The lowest BCUT2D eigenvalue weighted by molar-refractivity contribution is 0.426. The molecule has 0 amide bonds. The van der Waals surface area contributed by atoms with Gasteiger partial charge in [0.2, 0.25) is 0 Å². The highest BCUT2D eigenvalue weighted by molar-refractivity contribution is 4.56. The van der Waals surface area contributed by atoms with Crippen molar-refractivity contribution in [2.75, 3.05) is 0 Å². The van der Waals surface area contributed by atoms with Crippen LogP contribution in [0.5, 0.6) is 0 Å². The topological polar surface area (TPSA) is 0 Å². The van der Waals surface area contributed by atoms with Crippen molar-refractivity contribution in [3.05, 3.63) is 0 Å². The molecule has 0 bridgehead atoms. The summed E-state index contributed by atoms with van der Waals surface area (Å²) in [5, 5.41) is 0. The van der Waals surface area contributed by atoms with Gasteiger partial charge in [-0.05, 0) is 11.8 Å². The molecule has 0 aromatic rings. The van der Waals surface area contributed by atoms with Crippen LogP contribution in [0.1, 0.15) is 105 Å². The molecule has 0 aliphatic carbocycles. The van der Waals surface area contributed by atoms with Crippen LogP contribution in [-0.4, -0.2) is 0 Å². The normalized spacial score (nSPS) is 13.2. The van der Waals surface area contributed by atoms with Crippen LogP contribution in [-0.2, 0) is 0 Å². The molecule has 0 aliphatic rings. The molecule has 0 heterocycles. The van der Waals surface area contributed by atoms with E-state index < -0.39 is 0 Å². The highest BCUT2D eigenvalue weighted by atomic mass is 14.1. The number of unbranched alkanes of at least 4 members (excludes halogenated alkanes) is 7. The average molecular weight is 255 g/mol. The molecule has 0 saturated heterocycles. The first-order valence-corrected chi connectivity index (χ1v) is 8.66. The van der Waals surface area contributed by atoms with E-state index in [1.54, 1.807) is 0 Å².